The number of para-hydroxylation sites is 2. The number of nitrogens with zero attached hydrogens (tertiary/aromatic N) is 2. The Labute approximate surface area is 171 Å². The summed E-state index contributed by atoms with van der Waals surface area (Å²) in [6, 6.07) is 14.1. The van der Waals surface area contributed by atoms with Gasteiger partial charge < -0.3 is 15.6 Å². The topological polar surface area (TPSA) is 72.9 Å². The lowest BCUT2D eigenvalue weighted by Crippen LogP contribution is -2.31. The van der Waals surface area contributed by atoms with Gasteiger partial charge in [0.15, 0.2) is 0 Å². The van der Waals surface area contributed by atoms with Gasteiger partial charge in [-0.2, -0.15) is 0 Å². The molecule has 0 fully saturated rings. The molecule has 0 saturated heterocycles. The minimum atomic E-state index is 0. The zero-order valence-electron chi connectivity index (χ0n) is 14.9. The van der Waals surface area contributed by atoms with Gasteiger partial charge in [-0.05, 0) is 54.7 Å². The zero-order chi connectivity index (χ0) is 17.2. The van der Waals surface area contributed by atoms with Crippen LogP contribution in [-0.2, 0) is 17.8 Å². The second-order valence-corrected chi connectivity index (χ2v) is 6.65. The fourth-order valence-electron chi connectivity index (χ4n) is 3.66. The molecule has 4 rings (SSSR count). The van der Waals surface area contributed by atoms with Gasteiger partial charge in [0.25, 0.3) is 0 Å². The van der Waals surface area contributed by atoms with Crippen LogP contribution in [0.25, 0.3) is 11.0 Å². The van der Waals surface area contributed by atoms with E-state index < -0.39 is 0 Å². The first-order valence-electron chi connectivity index (χ1n) is 8.78. The van der Waals surface area contributed by atoms with Crippen molar-refractivity contribution in [3.63, 3.8) is 0 Å². The van der Waals surface area contributed by atoms with Gasteiger partial charge in [-0.1, -0.05) is 18.2 Å². The highest BCUT2D eigenvalue weighted by Crippen LogP contribution is 2.31. The van der Waals surface area contributed by atoms with Gasteiger partial charge in [0.1, 0.15) is 0 Å². The SMILES string of the molecule is Cl.Cl.Nc1ccc2c(c1)CCCC2NC(=O)CCn1cnc2ccccc21. The summed E-state index contributed by atoms with van der Waals surface area (Å²) in [7, 11) is 0. The van der Waals surface area contributed by atoms with E-state index in [-0.39, 0.29) is 36.8 Å². The molecule has 1 heterocycles. The number of carbonyl (C=O) groups is 1. The summed E-state index contributed by atoms with van der Waals surface area (Å²) in [6.45, 7) is 0.633. The van der Waals surface area contributed by atoms with Gasteiger partial charge >= 0.3 is 0 Å². The normalized spacial score (nSPS) is 15.3. The van der Waals surface area contributed by atoms with Crippen LogP contribution in [0.5, 0.6) is 0 Å². The van der Waals surface area contributed by atoms with Crippen molar-refractivity contribution in [3.05, 3.63) is 59.9 Å². The lowest BCUT2D eigenvalue weighted by Gasteiger charge is -2.26. The lowest BCUT2D eigenvalue weighted by molar-refractivity contribution is -0.122. The third-order valence-corrected chi connectivity index (χ3v) is 4.92. The molecule has 0 aliphatic heterocycles. The molecule has 1 aliphatic rings. The number of hydrogen-bond donors (Lipinski definition) is 2. The summed E-state index contributed by atoms with van der Waals surface area (Å²) in [5.74, 6) is 0.0763. The van der Waals surface area contributed by atoms with E-state index in [0.29, 0.717) is 13.0 Å². The number of fused-ring (bicyclic) bond motifs is 2. The monoisotopic (exact) mass is 406 g/mol. The predicted molar refractivity (Wildman–Crippen MR) is 114 cm³/mol. The number of aryl methyl sites for hydroxylation is 2. The third-order valence-electron chi connectivity index (χ3n) is 4.92. The molecular weight excluding hydrogens is 383 g/mol. The average molecular weight is 407 g/mol. The number of halogens is 2. The fraction of sp³-hybridized carbons (Fsp3) is 0.300. The molecule has 1 atom stereocenters. The summed E-state index contributed by atoms with van der Waals surface area (Å²) in [5.41, 5.74) is 11.2. The molecule has 1 aliphatic carbocycles. The Morgan fingerprint density at radius 2 is 2.04 bits per heavy atom. The van der Waals surface area contributed by atoms with Crippen LogP contribution in [0.4, 0.5) is 5.69 Å². The van der Waals surface area contributed by atoms with Crippen LogP contribution in [-0.4, -0.2) is 15.5 Å². The summed E-state index contributed by atoms with van der Waals surface area (Å²) in [5, 5.41) is 3.19. The van der Waals surface area contributed by atoms with Gasteiger partial charge in [0, 0.05) is 18.7 Å². The van der Waals surface area contributed by atoms with Crippen molar-refractivity contribution in [1.29, 1.82) is 0 Å². The maximum Gasteiger partial charge on any atom is 0.222 e. The first kappa shape index (κ1) is 21.1. The summed E-state index contributed by atoms with van der Waals surface area (Å²) in [6.07, 6.45) is 5.34. The molecule has 5 nitrogen and oxygen atoms in total. The number of nitrogens with two attached hydrogens (primary N) is 1. The number of hydrogen-bond acceptors (Lipinski definition) is 3. The Hall–Kier alpha value is -2.24. The minimum absolute atomic E-state index is 0. The Kier molecular flexibility index (Phi) is 7.11. The first-order valence-corrected chi connectivity index (χ1v) is 8.78. The third kappa shape index (κ3) is 4.54. The highest BCUT2D eigenvalue weighted by atomic mass is 35.5. The quantitative estimate of drug-likeness (QED) is 0.641. The Morgan fingerprint density at radius 3 is 2.89 bits per heavy atom. The van der Waals surface area contributed by atoms with Gasteiger partial charge in [0.05, 0.1) is 23.4 Å². The van der Waals surface area contributed by atoms with Gasteiger partial charge in [-0.3, -0.25) is 4.79 Å². The van der Waals surface area contributed by atoms with Crippen molar-refractivity contribution in [2.24, 2.45) is 0 Å². The first-order chi connectivity index (χ1) is 12.2. The van der Waals surface area contributed by atoms with Gasteiger partial charge in [0.2, 0.25) is 5.91 Å². The van der Waals surface area contributed by atoms with Crippen LogP contribution < -0.4 is 11.1 Å². The maximum absolute atomic E-state index is 12.4. The predicted octanol–water partition coefficient (Wildman–Crippen LogP) is 4.05. The highest BCUT2D eigenvalue weighted by Gasteiger charge is 2.21. The van der Waals surface area contributed by atoms with Crippen LogP contribution in [0.15, 0.2) is 48.8 Å². The van der Waals surface area contributed by atoms with E-state index in [1.54, 1.807) is 6.33 Å². The summed E-state index contributed by atoms with van der Waals surface area (Å²) >= 11 is 0. The van der Waals surface area contributed by atoms with Crippen molar-refractivity contribution < 1.29 is 4.79 Å². The Balaban J connectivity index is 0.00000131. The molecular formula is C20H24Cl2N4O. The number of aromatic nitrogens is 2. The standard InChI is InChI=1S/C20H22N4O.2ClH/c21-15-8-9-16-14(12-15)4-3-6-17(16)23-20(25)10-11-24-13-22-18-5-1-2-7-19(18)24;;/h1-2,5,7-9,12-13,17H,3-4,6,10-11,21H2,(H,23,25);2*1H. The molecule has 0 saturated carbocycles. The van der Waals surface area contributed by atoms with E-state index >= 15 is 0 Å². The minimum Gasteiger partial charge on any atom is -0.399 e. The second kappa shape index (κ2) is 9.11. The number of benzene rings is 2. The van der Waals surface area contributed by atoms with Crippen LogP contribution in [0.2, 0.25) is 0 Å². The molecule has 144 valence electrons. The number of rotatable bonds is 4. The maximum atomic E-state index is 12.4. The molecule has 0 spiro atoms. The van der Waals surface area contributed by atoms with Crippen LogP contribution in [0.1, 0.15) is 36.4 Å². The van der Waals surface area contributed by atoms with Crippen LogP contribution >= 0.6 is 24.8 Å². The second-order valence-electron chi connectivity index (χ2n) is 6.65. The zero-order valence-corrected chi connectivity index (χ0v) is 16.6. The molecule has 3 aromatic rings. The van der Waals surface area contributed by atoms with Crippen molar-refractivity contribution >= 4 is 47.4 Å². The number of nitrogens with one attached hydrogen (secondary N) is 1. The van der Waals surface area contributed by atoms with Crippen molar-refractivity contribution in [1.82, 2.24) is 14.9 Å². The smallest absolute Gasteiger partial charge is 0.222 e. The van der Waals surface area contributed by atoms with Gasteiger partial charge in [-0.25, -0.2) is 4.98 Å². The largest absolute Gasteiger partial charge is 0.399 e. The van der Waals surface area contributed by atoms with Crippen molar-refractivity contribution in [2.75, 3.05) is 5.73 Å². The highest BCUT2D eigenvalue weighted by molar-refractivity contribution is 5.85. The fourth-order valence-corrected chi connectivity index (χ4v) is 3.66. The molecule has 0 bridgehead atoms. The summed E-state index contributed by atoms with van der Waals surface area (Å²) < 4.78 is 2.03. The molecule has 1 unspecified atom stereocenters. The van der Waals surface area contributed by atoms with E-state index in [9.17, 15) is 4.79 Å². The molecule has 0 radical (unpaired) electrons. The number of amides is 1. The number of carbonyl (C=O) groups excluding carboxylic acids is 1. The number of imidazole rings is 1. The van der Waals surface area contributed by atoms with Crippen molar-refractivity contribution in [2.45, 2.75) is 38.3 Å². The Morgan fingerprint density at radius 1 is 1.22 bits per heavy atom. The molecule has 7 heteroatoms. The Bertz CT molecular complexity index is 925. The van der Waals surface area contributed by atoms with E-state index in [2.05, 4.69) is 16.4 Å². The molecule has 2 aromatic carbocycles. The average Bonchev–Trinajstić information content (AvgIpc) is 3.03. The number of nitrogen functional groups attached to an aromatic ring is 1. The van der Waals surface area contributed by atoms with E-state index in [0.717, 1.165) is 36.0 Å². The van der Waals surface area contributed by atoms with E-state index in [4.69, 9.17) is 5.73 Å². The molecule has 1 aromatic heterocycles. The molecule has 27 heavy (non-hydrogen) atoms. The summed E-state index contributed by atoms with van der Waals surface area (Å²) in [4.78, 5) is 16.8. The van der Waals surface area contributed by atoms with E-state index in [1.807, 2.05) is 41.0 Å². The molecule has 1 amide bonds. The van der Waals surface area contributed by atoms with Crippen LogP contribution in [0.3, 0.4) is 0 Å². The number of anilines is 1. The van der Waals surface area contributed by atoms with E-state index in [1.165, 1.54) is 11.1 Å². The van der Waals surface area contributed by atoms with Gasteiger partial charge in [-0.15, -0.1) is 24.8 Å². The van der Waals surface area contributed by atoms with Crippen molar-refractivity contribution in [3.8, 4) is 0 Å². The van der Waals surface area contributed by atoms with Crippen LogP contribution in [0, 0.1) is 0 Å². The lowest BCUT2D eigenvalue weighted by atomic mass is 9.87. The molecule has 3 N–H and O–H groups in total.